The minimum Gasteiger partial charge on any atom is -0.490 e. The van der Waals surface area contributed by atoms with Crippen molar-refractivity contribution in [1.29, 1.82) is 0 Å². The van der Waals surface area contributed by atoms with Gasteiger partial charge in [0, 0.05) is 11.8 Å². The minimum atomic E-state index is -0.485. The molecule has 0 saturated carbocycles. The number of esters is 1. The van der Waals surface area contributed by atoms with E-state index in [1.807, 2.05) is 0 Å². The molecule has 0 atom stereocenters. The summed E-state index contributed by atoms with van der Waals surface area (Å²) in [4.78, 5) is 11.5. The number of aliphatic hydroxyl groups excluding tert-OH is 1. The number of hydrogen-bond acceptors (Lipinski definition) is 6. The average Bonchev–Trinajstić information content (AvgIpc) is 2.38. The number of nitrogen functional groups attached to an aromatic ring is 1. The highest BCUT2D eigenvalue weighted by Crippen LogP contribution is 2.22. The Morgan fingerprint density at radius 2 is 2.11 bits per heavy atom. The van der Waals surface area contributed by atoms with E-state index in [1.165, 1.54) is 7.11 Å². The lowest BCUT2D eigenvalue weighted by Gasteiger charge is -2.11. The van der Waals surface area contributed by atoms with Crippen molar-refractivity contribution in [3.63, 3.8) is 0 Å². The van der Waals surface area contributed by atoms with E-state index < -0.39 is 5.97 Å². The van der Waals surface area contributed by atoms with Crippen molar-refractivity contribution in [3.8, 4) is 5.75 Å². The standard InChI is InChI=1S/C12H17NO5/c1-16-12(15)10-3-2-9(13)8-11(10)18-7-6-17-5-4-14/h2-3,8,14H,4-7,13H2,1H3. The Bertz CT molecular complexity index is 394. The molecule has 0 bridgehead atoms. The predicted molar refractivity (Wildman–Crippen MR) is 65.6 cm³/mol. The molecule has 6 heteroatoms. The maximum absolute atomic E-state index is 11.5. The summed E-state index contributed by atoms with van der Waals surface area (Å²) in [7, 11) is 1.30. The summed E-state index contributed by atoms with van der Waals surface area (Å²) >= 11 is 0. The number of carbonyl (C=O) groups is 1. The van der Waals surface area contributed by atoms with Gasteiger partial charge in [0.1, 0.15) is 17.9 Å². The number of hydrogen-bond donors (Lipinski definition) is 2. The minimum absolute atomic E-state index is 0.0360. The van der Waals surface area contributed by atoms with Crippen LogP contribution in [0.2, 0.25) is 0 Å². The van der Waals surface area contributed by atoms with Crippen molar-refractivity contribution in [3.05, 3.63) is 23.8 Å². The number of rotatable bonds is 7. The molecular formula is C12H17NO5. The summed E-state index contributed by atoms with van der Waals surface area (Å²) < 4.78 is 15.1. The van der Waals surface area contributed by atoms with Gasteiger partial charge in [-0.05, 0) is 12.1 Å². The van der Waals surface area contributed by atoms with E-state index in [4.69, 9.17) is 20.3 Å². The maximum atomic E-state index is 11.5. The van der Waals surface area contributed by atoms with Crippen LogP contribution in [0.15, 0.2) is 18.2 Å². The number of nitrogens with two attached hydrogens (primary N) is 1. The van der Waals surface area contributed by atoms with Crippen LogP contribution >= 0.6 is 0 Å². The molecule has 0 saturated heterocycles. The van der Waals surface area contributed by atoms with Crippen LogP contribution in [-0.4, -0.2) is 44.6 Å². The van der Waals surface area contributed by atoms with Gasteiger partial charge in [-0.25, -0.2) is 4.79 Å². The molecule has 0 radical (unpaired) electrons. The highest BCUT2D eigenvalue weighted by molar-refractivity contribution is 5.93. The van der Waals surface area contributed by atoms with Crippen LogP contribution in [0.3, 0.4) is 0 Å². The molecule has 1 rings (SSSR count). The number of benzene rings is 1. The SMILES string of the molecule is COC(=O)c1ccc(N)cc1OCCOCCO. The Balaban J connectivity index is 2.62. The highest BCUT2D eigenvalue weighted by atomic mass is 16.5. The van der Waals surface area contributed by atoms with Gasteiger partial charge in [0.15, 0.2) is 0 Å². The zero-order valence-corrected chi connectivity index (χ0v) is 10.2. The van der Waals surface area contributed by atoms with Crippen LogP contribution in [-0.2, 0) is 9.47 Å². The van der Waals surface area contributed by atoms with Crippen LogP contribution in [0.4, 0.5) is 5.69 Å². The highest BCUT2D eigenvalue weighted by Gasteiger charge is 2.13. The Hall–Kier alpha value is -1.79. The van der Waals surface area contributed by atoms with E-state index in [9.17, 15) is 4.79 Å². The van der Waals surface area contributed by atoms with Crippen LogP contribution in [0, 0.1) is 0 Å². The molecule has 18 heavy (non-hydrogen) atoms. The second-order valence-corrected chi connectivity index (χ2v) is 3.43. The summed E-state index contributed by atoms with van der Waals surface area (Å²) in [6.45, 7) is 0.791. The lowest BCUT2D eigenvalue weighted by molar-refractivity contribution is 0.0582. The molecule has 0 amide bonds. The first kappa shape index (κ1) is 14.3. The molecule has 1 aromatic rings. The van der Waals surface area contributed by atoms with Gasteiger partial charge in [0.2, 0.25) is 0 Å². The molecule has 3 N–H and O–H groups in total. The molecule has 0 aliphatic heterocycles. The van der Waals surface area contributed by atoms with E-state index in [0.717, 1.165) is 0 Å². The lowest BCUT2D eigenvalue weighted by Crippen LogP contribution is -2.12. The van der Waals surface area contributed by atoms with E-state index in [2.05, 4.69) is 4.74 Å². The number of methoxy groups -OCH3 is 1. The monoisotopic (exact) mass is 255 g/mol. The van der Waals surface area contributed by atoms with Gasteiger partial charge in [-0.3, -0.25) is 0 Å². The van der Waals surface area contributed by atoms with Gasteiger partial charge in [0.25, 0.3) is 0 Å². The Kier molecular flexibility index (Phi) is 5.96. The third-order valence-corrected chi connectivity index (χ3v) is 2.13. The Morgan fingerprint density at radius 1 is 1.33 bits per heavy atom. The largest absolute Gasteiger partial charge is 0.490 e. The third-order valence-electron chi connectivity index (χ3n) is 2.13. The average molecular weight is 255 g/mol. The van der Waals surface area contributed by atoms with E-state index in [-0.39, 0.29) is 19.8 Å². The van der Waals surface area contributed by atoms with Gasteiger partial charge in [-0.1, -0.05) is 0 Å². The van der Waals surface area contributed by atoms with Gasteiger partial charge in [0.05, 0.1) is 26.9 Å². The fourth-order valence-corrected chi connectivity index (χ4v) is 1.31. The first-order chi connectivity index (χ1) is 8.69. The summed E-state index contributed by atoms with van der Waals surface area (Å²) in [5.41, 5.74) is 6.43. The smallest absolute Gasteiger partial charge is 0.341 e. The van der Waals surface area contributed by atoms with Crippen molar-refractivity contribution < 1.29 is 24.1 Å². The quantitative estimate of drug-likeness (QED) is 0.417. The lowest BCUT2D eigenvalue weighted by atomic mass is 10.2. The van der Waals surface area contributed by atoms with Crippen LogP contribution in [0.1, 0.15) is 10.4 Å². The third kappa shape index (κ3) is 4.23. The molecule has 0 aliphatic carbocycles. The van der Waals surface area contributed by atoms with Crippen LogP contribution in [0.25, 0.3) is 0 Å². The van der Waals surface area contributed by atoms with Gasteiger partial charge >= 0.3 is 5.97 Å². The van der Waals surface area contributed by atoms with Gasteiger partial charge in [-0.2, -0.15) is 0 Å². The normalized spacial score (nSPS) is 10.1. The van der Waals surface area contributed by atoms with Crippen molar-refractivity contribution in [2.75, 3.05) is 39.3 Å². The summed E-state index contributed by atoms with van der Waals surface area (Å²) in [5.74, 6) is -0.129. The van der Waals surface area contributed by atoms with Crippen molar-refractivity contribution in [2.24, 2.45) is 0 Å². The molecule has 100 valence electrons. The van der Waals surface area contributed by atoms with E-state index >= 15 is 0 Å². The van der Waals surface area contributed by atoms with E-state index in [0.29, 0.717) is 23.6 Å². The van der Waals surface area contributed by atoms with Crippen LogP contribution < -0.4 is 10.5 Å². The summed E-state index contributed by atoms with van der Waals surface area (Å²) in [6.07, 6.45) is 0. The molecule has 0 aromatic heterocycles. The zero-order chi connectivity index (χ0) is 13.4. The first-order valence-electron chi connectivity index (χ1n) is 5.48. The topological polar surface area (TPSA) is 91.0 Å². The molecule has 6 nitrogen and oxygen atoms in total. The Labute approximate surface area is 105 Å². The Morgan fingerprint density at radius 3 is 2.78 bits per heavy atom. The van der Waals surface area contributed by atoms with E-state index in [1.54, 1.807) is 18.2 Å². The zero-order valence-electron chi connectivity index (χ0n) is 10.2. The maximum Gasteiger partial charge on any atom is 0.341 e. The number of ether oxygens (including phenoxy) is 3. The first-order valence-corrected chi connectivity index (χ1v) is 5.48. The molecule has 0 aliphatic rings. The molecular weight excluding hydrogens is 238 g/mol. The number of carbonyl (C=O) groups excluding carboxylic acids is 1. The predicted octanol–water partition coefficient (Wildman–Crippen LogP) is 0.443. The summed E-state index contributed by atoms with van der Waals surface area (Å²) in [5, 5.41) is 8.52. The second kappa shape index (κ2) is 7.52. The van der Waals surface area contributed by atoms with Crippen molar-refractivity contribution in [2.45, 2.75) is 0 Å². The fraction of sp³-hybridized carbons (Fsp3) is 0.417. The number of anilines is 1. The summed E-state index contributed by atoms with van der Waals surface area (Å²) in [6, 6.07) is 4.70. The number of aliphatic hydroxyl groups is 1. The molecule has 1 aromatic carbocycles. The van der Waals surface area contributed by atoms with Crippen molar-refractivity contribution >= 4 is 11.7 Å². The second-order valence-electron chi connectivity index (χ2n) is 3.43. The molecule has 0 unspecified atom stereocenters. The fourth-order valence-electron chi connectivity index (χ4n) is 1.31. The molecule has 0 heterocycles. The van der Waals surface area contributed by atoms with Gasteiger partial charge in [-0.15, -0.1) is 0 Å². The molecule has 0 fully saturated rings. The van der Waals surface area contributed by atoms with Crippen LogP contribution in [0.5, 0.6) is 5.75 Å². The van der Waals surface area contributed by atoms with Gasteiger partial charge < -0.3 is 25.1 Å². The van der Waals surface area contributed by atoms with Crippen molar-refractivity contribution in [1.82, 2.24) is 0 Å². The molecule has 0 spiro atoms.